The van der Waals surface area contributed by atoms with Gasteiger partial charge in [-0.25, -0.2) is 8.42 Å². The smallest absolute Gasteiger partial charge is 0.243 e. The molecule has 7 heteroatoms. The van der Waals surface area contributed by atoms with Crippen LogP contribution in [0.15, 0.2) is 29.2 Å². The first-order chi connectivity index (χ1) is 11.4. The molecule has 1 aliphatic heterocycles. The average Bonchev–Trinajstić information content (AvgIpc) is 2.59. The molecular formula is C17H27N3O3S. The number of nitrogens with two attached hydrogens (primary N) is 1. The van der Waals surface area contributed by atoms with Crippen molar-refractivity contribution in [3.63, 3.8) is 0 Å². The first-order valence-corrected chi connectivity index (χ1v) is 9.88. The van der Waals surface area contributed by atoms with Gasteiger partial charge in [0.1, 0.15) is 0 Å². The van der Waals surface area contributed by atoms with Gasteiger partial charge in [-0.3, -0.25) is 4.79 Å². The zero-order chi connectivity index (χ0) is 17.7. The monoisotopic (exact) mass is 353 g/mol. The predicted octanol–water partition coefficient (Wildman–Crippen LogP) is 1.38. The normalized spacial score (nSPS) is 16.6. The molecule has 0 aliphatic carbocycles. The lowest BCUT2D eigenvalue weighted by Crippen LogP contribution is -2.50. The third-order valence-electron chi connectivity index (χ3n) is 4.37. The predicted molar refractivity (Wildman–Crippen MR) is 94.2 cm³/mol. The van der Waals surface area contributed by atoms with Crippen LogP contribution in [0.4, 0.5) is 0 Å². The molecule has 0 spiro atoms. The number of amides is 1. The van der Waals surface area contributed by atoms with Gasteiger partial charge in [0.25, 0.3) is 0 Å². The van der Waals surface area contributed by atoms with Gasteiger partial charge in [0.15, 0.2) is 0 Å². The first-order valence-electron chi connectivity index (χ1n) is 8.44. The van der Waals surface area contributed by atoms with Gasteiger partial charge in [-0.2, -0.15) is 4.31 Å². The van der Waals surface area contributed by atoms with E-state index < -0.39 is 10.0 Å². The van der Waals surface area contributed by atoms with Gasteiger partial charge in [-0.15, -0.1) is 0 Å². The summed E-state index contributed by atoms with van der Waals surface area (Å²) in [5.74, 6) is 0.420. The van der Waals surface area contributed by atoms with E-state index in [1.165, 1.54) is 4.31 Å². The Labute approximate surface area is 144 Å². The number of hydrogen-bond acceptors (Lipinski definition) is 4. The molecule has 0 atom stereocenters. The molecule has 1 fully saturated rings. The van der Waals surface area contributed by atoms with Gasteiger partial charge < -0.3 is 10.6 Å². The number of nitrogens with zero attached hydrogens (tertiary/aromatic N) is 2. The van der Waals surface area contributed by atoms with Crippen LogP contribution in [0.25, 0.3) is 0 Å². The summed E-state index contributed by atoms with van der Waals surface area (Å²) >= 11 is 0. The number of rotatable bonds is 6. The molecule has 1 amide bonds. The van der Waals surface area contributed by atoms with Gasteiger partial charge in [0, 0.05) is 32.6 Å². The van der Waals surface area contributed by atoms with Gasteiger partial charge in [0.2, 0.25) is 15.9 Å². The summed E-state index contributed by atoms with van der Waals surface area (Å²) in [6, 6.07) is 7.07. The molecule has 24 heavy (non-hydrogen) atoms. The summed E-state index contributed by atoms with van der Waals surface area (Å²) in [4.78, 5) is 14.0. The lowest BCUT2D eigenvalue weighted by atomic mass is 10.0. The van der Waals surface area contributed by atoms with Crippen molar-refractivity contribution < 1.29 is 13.2 Å². The van der Waals surface area contributed by atoms with E-state index in [1.807, 2.05) is 12.1 Å². The zero-order valence-electron chi connectivity index (χ0n) is 14.4. The quantitative estimate of drug-likeness (QED) is 0.837. The molecule has 1 aliphatic rings. The maximum atomic E-state index is 12.7. The zero-order valence-corrected chi connectivity index (χ0v) is 15.3. The Hall–Kier alpha value is -1.44. The second-order valence-corrected chi connectivity index (χ2v) is 8.34. The third kappa shape index (κ3) is 4.34. The van der Waals surface area contributed by atoms with Crippen molar-refractivity contribution in [1.82, 2.24) is 9.21 Å². The highest BCUT2D eigenvalue weighted by atomic mass is 32.2. The Bertz CT molecular complexity index is 648. The van der Waals surface area contributed by atoms with E-state index in [9.17, 15) is 13.2 Å². The van der Waals surface area contributed by atoms with Crippen LogP contribution in [0.3, 0.4) is 0 Å². The fraction of sp³-hybridized carbons (Fsp3) is 0.588. The summed E-state index contributed by atoms with van der Waals surface area (Å²) in [7, 11) is -3.50. The van der Waals surface area contributed by atoms with Gasteiger partial charge in [0.05, 0.1) is 4.90 Å². The van der Waals surface area contributed by atoms with Crippen LogP contribution in [0.5, 0.6) is 0 Å². The summed E-state index contributed by atoms with van der Waals surface area (Å²) in [6.07, 6.45) is 1.10. The average molecular weight is 353 g/mol. The summed E-state index contributed by atoms with van der Waals surface area (Å²) < 4.78 is 26.9. The maximum Gasteiger partial charge on any atom is 0.243 e. The minimum atomic E-state index is -3.50. The van der Waals surface area contributed by atoms with Crippen molar-refractivity contribution in [2.24, 2.45) is 5.73 Å². The van der Waals surface area contributed by atoms with E-state index in [0.29, 0.717) is 56.4 Å². The van der Waals surface area contributed by atoms with E-state index in [1.54, 1.807) is 17.0 Å². The van der Waals surface area contributed by atoms with Crippen LogP contribution in [0.1, 0.15) is 38.2 Å². The van der Waals surface area contributed by atoms with E-state index in [2.05, 4.69) is 13.8 Å². The van der Waals surface area contributed by atoms with Crippen molar-refractivity contribution in [2.45, 2.75) is 37.5 Å². The molecule has 6 nitrogen and oxygen atoms in total. The minimum Gasteiger partial charge on any atom is -0.340 e. The number of piperazine rings is 1. The van der Waals surface area contributed by atoms with E-state index in [0.717, 1.165) is 5.56 Å². The summed E-state index contributed by atoms with van der Waals surface area (Å²) in [6.45, 7) is 6.19. The second-order valence-electron chi connectivity index (χ2n) is 6.40. The standard InChI is InChI=1S/C17H27N3O3S/c1-14(2)15-5-7-16(8-6-15)24(22,23)20-12-10-19(11-13-20)17(21)4-3-9-18/h5-8,14H,3-4,9-13,18H2,1-2H3. The molecule has 0 bridgehead atoms. The highest BCUT2D eigenvalue weighted by Gasteiger charge is 2.29. The highest BCUT2D eigenvalue weighted by Crippen LogP contribution is 2.21. The molecule has 0 aromatic heterocycles. The summed E-state index contributed by atoms with van der Waals surface area (Å²) in [5, 5.41) is 0. The third-order valence-corrected chi connectivity index (χ3v) is 6.28. The van der Waals surface area contributed by atoms with Crippen LogP contribution in [0, 0.1) is 0 Å². The van der Waals surface area contributed by atoms with Crippen molar-refractivity contribution in [1.29, 1.82) is 0 Å². The highest BCUT2D eigenvalue weighted by molar-refractivity contribution is 7.89. The van der Waals surface area contributed by atoms with Crippen LogP contribution in [-0.2, 0) is 14.8 Å². The molecule has 2 N–H and O–H groups in total. The Balaban J connectivity index is 2.00. The first kappa shape index (κ1) is 18.9. The minimum absolute atomic E-state index is 0.0544. The number of benzene rings is 1. The van der Waals surface area contributed by atoms with Crippen LogP contribution >= 0.6 is 0 Å². The largest absolute Gasteiger partial charge is 0.340 e. The van der Waals surface area contributed by atoms with Crippen molar-refractivity contribution in [3.05, 3.63) is 29.8 Å². The summed E-state index contributed by atoms with van der Waals surface area (Å²) in [5.41, 5.74) is 6.54. The molecule has 1 heterocycles. The number of sulfonamides is 1. The van der Waals surface area contributed by atoms with Gasteiger partial charge >= 0.3 is 0 Å². The number of carbonyl (C=O) groups excluding carboxylic acids is 1. The lowest BCUT2D eigenvalue weighted by molar-refractivity contribution is -0.132. The van der Waals surface area contributed by atoms with Crippen LogP contribution in [-0.4, -0.2) is 56.3 Å². The Morgan fingerprint density at radius 2 is 1.71 bits per heavy atom. The SMILES string of the molecule is CC(C)c1ccc(S(=O)(=O)N2CCN(C(=O)CCCN)CC2)cc1. The Morgan fingerprint density at radius 3 is 2.21 bits per heavy atom. The van der Waals surface area contributed by atoms with Gasteiger partial charge in [-0.05, 0) is 36.6 Å². The number of carbonyl (C=O) groups is 1. The molecule has 1 aromatic carbocycles. The Morgan fingerprint density at radius 1 is 1.12 bits per heavy atom. The maximum absolute atomic E-state index is 12.7. The molecular weight excluding hydrogens is 326 g/mol. The van der Waals surface area contributed by atoms with Crippen LogP contribution < -0.4 is 5.73 Å². The van der Waals surface area contributed by atoms with E-state index in [4.69, 9.17) is 5.73 Å². The molecule has 1 saturated heterocycles. The lowest BCUT2D eigenvalue weighted by Gasteiger charge is -2.34. The molecule has 1 aromatic rings. The van der Waals surface area contributed by atoms with Crippen molar-refractivity contribution in [2.75, 3.05) is 32.7 Å². The second kappa shape index (κ2) is 8.09. The molecule has 134 valence electrons. The molecule has 0 unspecified atom stereocenters. The van der Waals surface area contributed by atoms with Gasteiger partial charge in [-0.1, -0.05) is 26.0 Å². The topological polar surface area (TPSA) is 83.7 Å². The van der Waals surface area contributed by atoms with Crippen molar-refractivity contribution in [3.8, 4) is 0 Å². The van der Waals surface area contributed by atoms with Crippen LogP contribution in [0.2, 0.25) is 0 Å². The Kier molecular flexibility index (Phi) is 6.37. The fourth-order valence-corrected chi connectivity index (χ4v) is 4.19. The van der Waals surface area contributed by atoms with E-state index >= 15 is 0 Å². The molecule has 0 radical (unpaired) electrons. The fourth-order valence-electron chi connectivity index (χ4n) is 2.76. The number of hydrogen-bond donors (Lipinski definition) is 1. The van der Waals surface area contributed by atoms with E-state index in [-0.39, 0.29) is 5.91 Å². The molecule has 2 rings (SSSR count). The molecule has 0 saturated carbocycles. The van der Waals surface area contributed by atoms with Crippen molar-refractivity contribution >= 4 is 15.9 Å².